The quantitative estimate of drug-likeness (QED) is 0.499. The van der Waals surface area contributed by atoms with E-state index in [1.54, 1.807) is 24.5 Å². The van der Waals surface area contributed by atoms with E-state index in [4.69, 9.17) is 21.0 Å². The van der Waals surface area contributed by atoms with Crippen molar-refractivity contribution in [3.8, 4) is 24.5 Å². The summed E-state index contributed by atoms with van der Waals surface area (Å²) in [5, 5.41) is 34.4. The minimum Gasteiger partial charge on any atom is -0.240 e. The first kappa shape index (κ1) is 9.13. The Morgan fingerprint density at radius 1 is 0.786 bits per heavy atom. The second-order valence-electron chi connectivity index (χ2n) is 2.19. The van der Waals surface area contributed by atoms with E-state index in [2.05, 4.69) is 0 Å². The van der Waals surface area contributed by atoms with Gasteiger partial charge in [-0.25, -0.2) is 9.80 Å². The Bertz CT molecular complexity index is 426. The number of nitrogens with zero attached hydrogens (tertiary/aromatic N) is 6. The zero-order valence-corrected chi connectivity index (χ0v) is 6.84. The Morgan fingerprint density at radius 3 is 1.36 bits per heavy atom. The van der Waals surface area contributed by atoms with E-state index in [1.807, 2.05) is 0 Å². The summed E-state index contributed by atoms with van der Waals surface area (Å²) >= 11 is 0. The maximum absolute atomic E-state index is 8.61. The molecule has 0 bridgehead atoms. The molecular weight excluding hydrogens is 180 g/mol. The molecule has 6 nitrogen and oxygen atoms in total. The maximum Gasteiger partial charge on any atom is 0.189 e. The molecule has 1 heterocycles. The van der Waals surface area contributed by atoms with Gasteiger partial charge in [-0.05, 0) is 0 Å². The molecule has 0 radical (unpaired) electrons. The van der Waals surface area contributed by atoms with Gasteiger partial charge in [0.1, 0.15) is 12.1 Å². The third kappa shape index (κ3) is 1.32. The van der Waals surface area contributed by atoms with E-state index < -0.39 is 0 Å². The highest BCUT2D eigenvalue weighted by atomic mass is 15.2. The number of hydrogen-bond acceptors (Lipinski definition) is 6. The van der Waals surface area contributed by atoms with Crippen molar-refractivity contribution in [3.63, 3.8) is 0 Å². The monoisotopic (exact) mass is 182 g/mol. The van der Waals surface area contributed by atoms with Gasteiger partial charge in [0.25, 0.3) is 0 Å². The second kappa shape index (κ2) is 3.63. The molecule has 0 unspecified atom stereocenters. The summed E-state index contributed by atoms with van der Waals surface area (Å²) in [6.07, 6.45) is 5.64. The first-order valence-electron chi connectivity index (χ1n) is 3.38. The van der Waals surface area contributed by atoms with E-state index >= 15 is 0 Å². The molecule has 0 aromatic carbocycles. The molecule has 14 heavy (non-hydrogen) atoms. The van der Waals surface area contributed by atoms with Crippen molar-refractivity contribution in [1.82, 2.24) is 9.80 Å². The lowest BCUT2D eigenvalue weighted by atomic mass is 10.3. The zero-order valence-electron chi connectivity index (χ0n) is 6.84. The second-order valence-corrected chi connectivity index (χ2v) is 2.19. The van der Waals surface area contributed by atoms with Gasteiger partial charge < -0.3 is 0 Å². The van der Waals surface area contributed by atoms with Gasteiger partial charge in [-0.1, -0.05) is 0 Å². The van der Waals surface area contributed by atoms with E-state index in [0.717, 1.165) is 22.2 Å². The Hall–Kier alpha value is -2.96. The van der Waals surface area contributed by atoms with Crippen LogP contribution in [0, 0.1) is 45.6 Å². The van der Waals surface area contributed by atoms with Gasteiger partial charge in [0.05, 0.1) is 12.4 Å². The predicted octanol–water partition coefficient (Wildman–Crippen LogP) is 0.296. The molecular formula is C8H2N6. The molecule has 0 saturated heterocycles. The van der Waals surface area contributed by atoms with Crippen molar-refractivity contribution < 1.29 is 0 Å². The molecule has 0 saturated carbocycles. The number of hydrogen-bond donors (Lipinski definition) is 0. The van der Waals surface area contributed by atoms with E-state index in [9.17, 15) is 0 Å². The smallest absolute Gasteiger partial charge is 0.189 e. The fourth-order valence-corrected chi connectivity index (χ4v) is 0.839. The van der Waals surface area contributed by atoms with E-state index in [1.165, 1.54) is 0 Å². The summed E-state index contributed by atoms with van der Waals surface area (Å²) in [5.74, 6) is 0. The highest BCUT2D eigenvalue weighted by molar-refractivity contribution is 5.37. The van der Waals surface area contributed by atoms with Gasteiger partial charge in [-0.3, -0.25) is 0 Å². The van der Waals surface area contributed by atoms with Crippen LogP contribution in [0.3, 0.4) is 0 Å². The van der Waals surface area contributed by atoms with Gasteiger partial charge in [0.2, 0.25) is 0 Å². The van der Waals surface area contributed by atoms with Crippen LogP contribution in [0.5, 0.6) is 0 Å². The molecule has 1 aliphatic heterocycles. The van der Waals surface area contributed by atoms with Crippen LogP contribution in [-0.4, -0.2) is 9.80 Å². The lowest BCUT2D eigenvalue weighted by Gasteiger charge is -2.19. The van der Waals surface area contributed by atoms with Crippen LogP contribution < -0.4 is 0 Å². The van der Waals surface area contributed by atoms with Crippen LogP contribution in [0.1, 0.15) is 0 Å². The van der Waals surface area contributed by atoms with Gasteiger partial charge in [-0.2, -0.15) is 21.0 Å². The Kier molecular flexibility index (Phi) is 2.37. The largest absolute Gasteiger partial charge is 0.240 e. The predicted molar refractivity (Wildman–Crippen MR) is 42.3 cm³/mol. The lowest BCUT2D eigenvalue weighted by molar-refractivity contribution is 0.552. The van der Waals surface area contributed by atoms with Gasteiger partial charge >= 0.3 is 0 Å². The van der Waals surface area contributed by atoms with Gasteiger partial charge in [0, 0.05) is 0 Å². The van der Waals surface area contributed by atoms with Crippen molar-refractivity contribution in [2.75, 3.05) is 0 Å². The van der Waals surface area contributed by atoms with Crippen molar-refractivity contribution in [1.29, 1.82) is 21.0 Å². The van der Waals surface area contributed by atoms with Crippen LogP contribution >= 0.6 is 0 Å². The number of rotatable bonds is 0. The average Bonchev–Trinajstić information content (AvgIpc) is 2.26. The van der Waals surface area contributed by atoms with Crippen molar-refractivity contribution in [2.24, 2.45) is 0 Å². The molecule has 0 fully saturated rings. The van der Waals surface area contributed by atoms with Gasteiger partial charge in [0.15, 0.2) is 23.8 Å². The highest BCUT2D eigenvalue weighted by Gasteiger charge is 2.18. The number of nitriles is 4. The molecule has 0 amide bonds. The number of allylic oxidation sites excluding steroid dienone is 2. The first-order valence-corrected chi connectivity index (χ1v) is 3.38. The molecule has 64 valence electrons. The SMILES string of the molecule is N#CC1=CN(C#N)C(C#N)=CN1C#N. The van der Waals surface area contributed by atoms with Crippen molar-refractivity contribution >= 4 is 0 Å². The standard InChI is InChI=1S/C8H2N6/c9-1-7-3-14(6-12)8(2-10)4-13(7)5-11/h3-4H. The third-order valence-electron chi connectivity index (χ3n) is 1.47. The van der Waals surface area contributed by atoms with Crippen LogP contribution in [-0.2, 0) is 0 Å². The van der Waals surface area contributed by atoms with E-state index in [0.29, 0.717) is 0 Å². The summed E-state index contributed by atoms with van der Waals surface area (Å²) in [4.78, 5) is 1.85. The molecule has 1 aliphatic rings. The Morgan fingerprint density at radius 2 is 1.14 bits per heavy atom. The van der Waals surface area contributed by atoms with Crippen LogP contribution in [0.4, 0.5) is 0 Å². The minimum atomic E-state index is -0.00644. The normalized spacial score (nSPS) is 14.0. The summed E-state index contributed by atoms with van der Waals surface area (Å²) < 4.78 is 0. The molecule has 0 atom stereocenters. The molecule has 0 aromatic heterocycles. The average molecular weight is 182 g/mol. The lowest BCUT2D eigenvalue weighted by Crippen LogP contribution is -2.22. The summed E-state index contributed by atoms with van der Waals surface area (Å²) in [7, 11) is 0. The molecule has 6 heteroatoms. The third-order valence-corrected chi connectivity index (χ3v) is 1.47. The summed E-state index contributed by atoms with van der Waals surface area (Å²) in [5.41, 5.74) is -0.0129. The summed E-state index contributed by atoms with van der Waals surface area (Å²) in [6.45, 7) is 0. The highest BCUT2D eigenvalue weighted by Crippen LogP contribution is 2.16. The Balaban J connectivity index is 3.18. The van der Waals surface area contributed by atoms with Gasteiger partial charge in [-0.15, -0.1) is 0 Å². The molecule has 1 rings (SSSR count). The first-order chi connectivity index (χ1) is 6.76. The molecule has 0 spiro atoms. The minimum absolute atomic E-state index is 0.00644. The molecule has 0 aromatic rings. The van der Waals surface area contributed by atoms with Crippen LogP contribution in [0.25, 0.3) is 0 Å². The van der Waals surface area contributed by atoms with Crippen molar-refractivity contribution in [3.05, 3.63) is 23.8 Å². The topological polar surface area (TPSA) is 102 Å². The van der Waals surface area contributed by atoms with Crippen LogP contribution in [0.15, 0.2) is 23.8 Å². The zero-order chi connectivity index (χ0) is 10.6. The van der Waals surface area contributed by atoms with Crippen molar-refractivity contribution in [2.45, 2.75) is 0 Å². The van der Waals surface area contributed by atoms with Crippen LogP contribution in [0.2, 0.25) is 0 Å². The molecule has 0 aliphatic carbocycles. The fraction of sp³-hybridized carbons (Fsp3) is 0. The maximum atomic E-state index is 8.61. The van der Waals surface area contributed by atoms with E-state index in [-0.39, 0.29) is 11.4 Å². The Labute approximate surface area is 80.0 Å². The molecule has 0 N–H and O–H groups in total. The fourth-order valence-electron chi connectivity index (χ4n) is 0.839. The summed E-state index contributed by atoms with van der Waals surface area (Å²) in [6, 6.07) is 3.46.